The highest BCUT2D eigenvalue weighted by atomic mass is 35.5. The fraction of sp³-hybridized carbons (Fsp3) is 0.933. The van der Waals surface area contributed by atoms with Crippen LogP contribution in [0.4, 0.5) is 0 Å². The Balaban J connectivity index is 0.00000200. The van der Waals surface area contributed by atoms with Gasteiger partial charge in [-0.1, -0.05) is 32.1 Å². The number of nitrogens with zero attached hydrogens (tertiary/aromatic N) is 1. The van der Waals surface area contributed by atoms with Gasteiger partial charge < -0.3 is 15.4 Å². The van der Waals surface area contributed by atoms with Crippen LogP contribution in [0.15, 0.2) is 0 Å². The van der Waals surface area contributed by atoms with E-state index in [9.17, 15) is 4.79 Å². The molecule has 1 aliphatic heterocycles. The number of hydrogen-bond acceptors (Lipinski definition) is 3. The zero-order valence-electron chi connectivity index (χ0n) is 12.6. The van der Waals surface area contributed by atoms with E-state index in [2.05, 4.69) is 0 Å². The smallest absolute Gasteiger partial charge is 0.251 e. The van der Waals surface area contributed by atoms with Crippen molar-refractivity contribution in [3.63, 3.8) is 0 Å². The number of halogens is 1. The summed E-state index contributed by atoms with van der Waals surface area (Å²) in [6.07, 6.45) is 9.55. The van der Waals surface area contributed by atoms with Crippen LogP contribution in [0.5, 0.6) is 0 Å². The van der Waals surface area contributed by atoms with Crippen LogP contribution < -0.4 is 5.73 Å². The molecule has 0 aromatic heterocycles. The van der Waals surface area contributed by atoms with Gasteiger partial charge >= 0.3 is 0 Å². The summed E-state index contributed by atoms with van der Waals surface area (Å²) in [7, 11) is 1.91. The Hall–Kier alpha value is -0.320. The van der Waals surface area contributed by atoms with Crippen LogP contribution in [-0.4, -0.2) is 43.2 Å². The molecule has 1 amide bonds. The number of carbonyl (C=O) groups excluding carboxylic acids is 1. The second kappa shape index (κ2) is 8.85. The quantitative estimate of drug-likeness (QED) is 0.848. The molecule has 1 saturated heterocycles. The van der Waals surface area contributed by atoms with Crippen LogP contribution in [-0.2, 0) is 9.53 Å². The molecular weight excluding hydrogens is 276 g/mol. The van der Waals surface area contributed by atoms with Crippen molar-refractivity contribution in [3.8, 4) is 0 Å². The van der Waals surface area contributed by atoms with E-state index in [1.807, 2.05) is 11.9 Å². The van der Waals surface area contributed by atoms with E-state index in [0.717, 1.165) is 31.7 Å². The van der Waals surface area contributed by atoms with Crippen LogP contribution in [0, 0.1) is 5.92 Å². The third kappa shape index (κ3) is 4.90. The molecule has 4 nitrogen and oxygen atoms in total. The van der Waals surface area contributed by atoms with Crippen LogP contribution >= 0.6 is 12.4 Å². The largest absolute Gasteiger partial charge is 0.364 e. The Labute approximate surface area is 128 Å². The Kier molecular flexibility index (Phi) is 7.85. The zero-order valence-corrected chi connectivity index (χ0v) is 13.4. The van der Waals surface area contributed by atoms with Crippen molar-refractivity contribution < 1.29 is 9.53 Å². The van der Waals surface area contributed by atoms with Crippen LogP contribution in [0.2, 0.25) is 0 Å². The minimum atomic E-state index is -0.245. The molecule has 2 atom stereocenters. The number of hydrogen-bond donors (Lipinski definition) is 1. The monoisotopic (exact) mass is 304 g/mol. The molecule has 0 aromatic carbocycles. The van der Waals surface area contributed by atoms with Gasteiger partial charge in [0.2, 0.25) is 0 Å². The summed E-state index contributed by atoms with van der Waals surface area (Å²) in [5.41, 5.74) is 5.58. The van der Waals surface area contributed by atoms with Crippen LogP contribution in [0.3, 0.4) is 0 Å². The fourth-order valence-corrected chi connectivity index (χ4v) is 3.27. The molecule has 2 rings (SSSR count). The van der Waals surface area contributed by atoms with Gasteiger partial charge in [-0.3, -0.25) is 4.79 Å². The normalized spacial score (nSPS) is 27.1. The van der Waals surface area contributed by atoms with Gasteiger partial charge in [-0.2, -0.15) is 0 Å². The van der Waals surface area contributed by atoms with Crippen molar-refractivity contribution in [1.29, 1.82) is 0 Å². The maximum absolute atomic E-state index is 12.2. The molecule has 2 N–H and O–H groups in total. The molecule has 2 aliphatic rings. The van der Waals surface area contributed by atoms with Gasteiger partial charge in [0, 0.05) is 20.1 Å². The van der Waals surface area contributed by atoms with Crippen molar-refractivity contribution in [3.05, 3.63) is 0 Å². The van der Waals surface area contributed by atoms with E-state index in [1.54, 1.807) is 0 Å². The second-order valence-corrected chi connectivity index (χ2v) is 6.11. The summed E-state index contributed by atoms with van der Waals surface area (Å²) < 4.78 is 5.67. The highest BCUT2D eigenvalue weighted by Crippen LogP contribution is 2.26. The number of carbonyl (C=O) groups is 1. The van der Waals surface area contributed by atoms with Gasteiger partial charge in [-0.25, -0.2) is 0 Å². The molecule has 0 radical (unpaired) electrons. The number of nitrogens with two attached hydrogens (primary N) is 1. The highest BCUT2D eigenvalue weighted by molar-refractivity contribution is 5.85. The summed E-state index contributed by atoms with van der Waals surface area (Å²) in [6, 6.07) is 0. The van der Waals surface area contributed by atoms with E-state index in [1.165, 1.54) is 32.1 Å². The maximum atomic E-state index is 12.2. The molecule has 0 bridgehead atoms. The van der Waals surface area contributed by atoms with Crippen molar-refractivity contribution in [2.24, 2.45) is 11.7 Å². The number of rotatable bonds is 5. The zero-order chi connectivity index (χ0) is 13.7. The van der Waals surface area contributed by atoms with Gasteiger partial charge in [0.1, 0.15) is 6.10 Å². The Morgan fingerprint density at radius 1 is 1.20 bits per heavy atom. The van der Waals surface area contributed by atoms with Crippen LogP contribution in [0.25, 0.3) is 0 Å². The third-order valence-electron chi connectivity index (χ3n) is 4.62. The van der Waals surface area contributed by atoms with E-state index >= 15 is 0 Å². The molecule has 0 aromatic rings. The molecule has 1 saturated carbocycles. The molecule has 118 valence electrons. The molecule has 1 heterocycles. The summed E-state index contributed by atoms with van der Waals surface area (Å²) >= 11 is 0. The molecule has 0 unspecified atom stereocenters. The summed E-state index contributed by atoms with van der Waals surface area (Å²) in [5.74, 6) is 0.969. The van der Waals surface area contributed by atoms with E-state index in [0.29, 0.717) is 6.54 Å². The van der Waals surface area contributed by atoms with E-state index in [4.69, 9.17) is 10.5 Å². The standard InChI is InChI=1S/C15H28N2O2.ClH/c1-17(10-9-12-5-3-2-4-6-12)15(18)14-8-7-13(11-16)19-14;/h12-14H,2-11,16H2,1H3;1H/t13-,14+;/m1./s1. The minimum absolute atomic E-state index is 0. The minimum Gasteiger partial charge on any atom is -0.364 e. The maximum Gasteiger partial charge on any atom is 0.251 e. The molecule has 5 heteroatoms. The topological polar surface area (TPSA) is 55.6 Å². The number of likely N-dealkylation sites (N-methyl/N-ethyl adjacent to an activating group) is 1. The third-order valence-corrected chi connectivity index (χ3v) is 4.62. The first-order valence-corrected chi connectivity index (χ1v) is 7.81. The first-order chi connectivity index (χ1) is 9.20. The molecule has 2 fully saturated rings. The lowest BCUT2D eigenvalue weighted by Crippen LogP contribution is -2.38. The number of amides is 1. The average Bonchev–Trinajstić information content (AvgIpc) is 2.94. The number of ether oxygens (including phenoxy) is 1. The predicted octanol–water partition coefficient (Wildman–Crippen LogP) is 2.34. The first-order valence-electron chi connectivity index (χ1n) is 7.81. The highest BCUT2D eigenvalue weighted by Gasteiger charge is 2.31. The molecule has 20 heavy (non-hydrogen) atoms. The Morgan fingerprint density at radius 3 is 2.50 bits per heavy atom. The lowest BCUT2D eigenvalue weighted by molar-refractivity contribution is -0.141. The predicted molar refractivity (Wildman–Crippen MR) is 83.0 cm³/mol. The summed E-state index contributed by atoms with van der Waals surface area (Å²) in [5, 5.41) is 0. The van der Waals surface area contributed by atoms with Gasteiger partial charge in [0.15, 0.2) is 0 Å². The van der Waals surface area contributed by atoms with Gasteiger partial charge in [0.25, 0.3) is 5.91 Å². The van der Waals surface area contributed by atoms with Gasteiger partial charge in [0.05, 0.1) is 6.10 Å². The van der Waals surface area contributed by atoms with E-state index in [-0.39, 0.29) is 30.5 Å². The van der Waals surface area contributed by atoms with Gasteiger partial charge in [-0.05, 0) is 25.2 Å². The molecule has 1 aliphatic carbocycles. The van der Waals surface area contributed by atoms with Crippen LogP contribution in [0.1, 0.15) is 51.4 Å². The van der Waals surface area contributed by atoms with E-state index < -0.39 is 0 Å². The van der Waals surface area contributed by atoms with Crippen molar-refractivity contribution >= 4 is 18.3 Å². The van der Waals surface area contributed by atoms with Crippen molar-refractivity contribution in [2.75, 3.05) is 20.1 Å². The molecule has 0 spiro atoms. The van der Waals surface area contributed by atoms with Crippen molar-refractivity contribution in [2.45, 2.75) is 63.6 Å². The van der Waals surface area contributed by atoms with Crippen molar-refractivity contribution in [1.82, 2.24) is 4.90 Å². The van der Waals surface area contributed by atoms with Gasteiger partial charge in [-0.15, -0.1) is 12.4 Å². The second-order valence-electron chi connectivity index (χ2n) is 6.11. The Bertz CT molecular complexity index is 296. The Morgan fingerprint density at radius 2 is 1.90 bits per heavy atom. The summed E-state index contributed by atoms with van der Waals surface area (Å²) in [6.45, 7) is 1.40. The fourth-order valence-electron chi connectivity index (χ4n) is 3.27. The lowest BCUT2D eigenvalue weighted by atomic mass is 9.87. The average molecular weight is 305 g/mol. The summed E-state index contributed by atoms with van der Waals surface area (Å²) in [4.78, 5) is 14.1. The first kappa shape index (κ1) is 17.7. The lowest BCUT2D eigenvalue weighted by Gasteiger charge is -2.26. The molecular formula is C15H29ClN2O2. The SMILES string of the molecule is CN(CCC1CCCCC1)C(=O)[C@@H]1CC[C@H](CN)O1.Cl.